The monoisotopic (exact) mass is 318 g/mol. The van der Waals surface area contributed by atoms with Crippen LogP contribution in [-0.4, -0.2) is 61.6 Å². The van der Waals surface area contributed by atoms with Crippen LogP contribution < -0.4 is 9.80 Å². The molecule has 1 aromatic heterocycles. The second-order valence-electron chi connectivity index (χ2n) is 6.89. The van der Waals surface area contributed by atoms with E-state index in [4.69, 9.17) is 9.47 Å². The Kier molecular flexibility index (Phi) is 4.35. The van der Waals surface area contributed by atoms with Gasteiger partial charge in [-0.05, 0) is 32.1 Å². The zero-order valence-corrected chi connectivity index (χ0v) is 13.7. The van der Waals surface area contributed by atoms with Crippen LogP contribution in [0, 0.1) is 0 Å². The van der Waals surface area contributed by atoms with Crippen molar-refractivity contribution in [2.75, 3.05) is 55.8 Å². The summed E-state index contributed by atoms with van der Waals surface area (Å²) in [6.45, 7) is 6.27. The van der Waals surface area contributed by atoms with Crippen molar-refractivity contribution in [1.29, 1.82) is 0 Å². The number of aromatic nitrogens is 2. The largest absolute Gasteiger partial charge is 0.378 e. The Bertz CT molecular complexity index is 522. The molecule has 0 amide bonds. The van der Waals surface area contributed by atoms with Crippen LogP contribution in [0.4, 0.5) is 11.6 Å². The highest BCUT2D eigenvalue weighted by Crippen LogP contribution is 2.30. The molecule has 3 aliphatic heterocycles. The maximum atomic E-state index is 6.08. The summed E-state index contributed by atoms with van der Waals surface area (Å²) in [6.07, 6.45) is 7.72. The predicted molar refractivity (Wildman–Crippen MR) is 89.0 cm³/mol. The molecular formula is C17H26N4O2. The van der Waals surface area contributed by atoms with Crippen molar-refractivity contribution in [2.24, 2.45) is 0 Å². The maximum Gasteiger partial charge on any atom is 0.134 e. The van der Waals surface area contributed by atoms with Gasteiger partial charge in [-0.25, -0.2) is 9.97 Å². The average molecular weight is 318 g/mol. The lowest BCUT2D eigenvalue weighted by molar-refractivity contribution is -0.133. The van der Waals surface area contributed by atoms with Crippen LogP contribution in [0.3, 0.4) is 0 Å². The van der Waals surface area contributed by atoms with Crippen LogP contribution in [0.2, 0.25) is 0 Å². The Morgan fingerprint density at radius 1 is 0.913 bits per heavy atom. The summed E-state index contributed by atoms with van der Waals surface area (Å²) in [5, 5.41) is 0. The number of hydrogen-bond donors (Lipinski definition) is 0. The predicted octanol–water partition coefficient (Wildman–Crippen LogP) is 1.85. The zero-order valence-electron chi connectivity index (χ0n) is 13.7. The molecule has 1 unspecified atom stereocenters. The number of anilines is 2. The van der Waals surface area contributed by atoms with E-state index in [2.05, 4.69) is 25.8 Å². The standard InChI is InChI=1S/C17H26N4O2/c1-2-6-20(7-3-1)15-11-16(19-14-18-15)21-8-10-23-17(12-21)5-4-9-22-13-17/h11,14H,1-10,12-13H2. The normalized spacial score (nSPS) is 29.0. The molecule has 126 valence electrons. The minimum atomic E-state index is -0.146. The Balaban J connectivity index is 1.50. The third-order valence-electron chi connectivity index (χ3n) is 5.18. The van der Waals surface area contributed by atoms with Gasteiger partial charge in [0.15, 0.2) is 0 Å². The first-order chi connectivity index (χ1) is 11.3. The van der Waals surface area contributed by atoms with Crippen molar-refractivity contribution >= 4 is 11.6 Å². The summed E-state index contributed by atoms with van der Waals surface area (Å²) in [5.41, 5.74) is -0.146. The highest BCUT2D eigenvalue weighted by molar-refractivity contribution is 5.50. The van der Waals surface area contributed by atoms with Gasteiger partial charge in [-0.3, -0.25) is 0 Å². The van der Waals surface area contributed by atoms with Crippen LogP contribution in [0.5, 0.6) is 0 Å². The summed E-state index contributed by atoms with van der Waals surface area (Å²) in [6, 6.07) is 2.15. The molecule has 0 saturated carbocycles. The van der Waals surface area contributed by atoms with Gasteiger partial charge in [0.1, 0.15) is 23.6 Å². The molecule has 3 fully saturated rings. The molecule has 0 aliphatic carbocycles. The number of ether oxygens (including phenoxy) is 2. The first-order valence-electron chi connectivity index (χ1n) is 8.88. The van der Waals surface area contributed by atoms with E-state index in [9.17, 15) is 0 Å². The number of rotatable bonds is 2. The molecule has 0 radical (unpaired) electrons. The fourth-order valence-corrected chi connectivity index (χ4v) is 3.91. The summed E-state index contributed by atoms with van der Waals surface area (Å²) < 4.78 is 11.8. The Morgan fingerprint density at radius 2 is 1.74 bits per heavy atom. The molecule has 1 aromatic rings. The molecule has 3 saturated heterocycles. The van der Waals surface area contributed by atoms with Crippen LogP contribution in [0.25, 0.3) is 0 Å². The summed E-state index contributed by atoms with van der Waals surface area (Å²) in [5.74, 6) is 2.09. The fraction of sp³-hybridized carbons (Fsp3) is 0.765. The number of hydrogen-bond acceptors (Lipinski definition) is 6. The Hall–Kier alpha value is -1.40. The van der Waals surface area contributed by atoms with Crippen molar-refractivity contribution in [3.8, 4) is 0 Å². The van der Waals surface area contributed by atoms with Crippen LogP contribution >= 0.6 is 0 Å². The van der Waals surface area contributed by atoms with Gasteiger partial charge in [-0.1, -0.05) is 0 Å². The van der Waals surface area contributed by atoms with Crippen molar-refractivity contribution in [2.45, 2.75) is 37.7 Å². The molecule has 0 aromatic carbocycles. The smallest absolute Gasteiger partial charge is 0.134 e. The maximum absolute atomic E-state index is 6.08. The minimum absolute atomic E-state index is 0.146. The average Bonchev–Trinajstić information content (AvgIpc) is 2.63. The molecule has 1 spiro atoms. The molecule has 4 rings (SSSR count). The highest BCUT2D eigenvalue weighted by atomic mass is 16.5. The molecule has 0 bridgehead atoms. The van der Waals surface area contributed by atoms with Gasteiger partial charge in [0.2, 0.25) is 0 Å². The van der Waals surface area contributed by atoms with Gasteiger partial charge in [0, 0.05) is 32.3 Å². The summed E-state index contributed by atoms with van der Waals surface area (Å²) in [4.78, 5) is 13.7. The van der Waals surface area contributed by atoms with E-state index in [0.717, 1.165) is 63.9 Å². The summed E-state index contributed by atoms with van der Waals surface area (Å²) >= 11 is 0. The van der Waals surface area contributed by atoms with E-state index in [1.54, 1.807) is 6.33 Å². The first-order valence-corrected chi connectivity index (χ1v) is 8.88. The van der Waals surface area contributed by atoms with Crippen LogP contribution in [0.15, 0.2) is 12.4 Å². The molecule has 1 atom stereocenters. The minimum Gasteiger partial charge on any atom is -0.378 e. The lowest BCUT2D eigenvalue weighted by Gasteiger charge is -2.45. The molecule has 6 heteroatoms. The fourth-order valence-electron chi connectivity index (χ4n) is 3.91. The topological polar surface area (TPSA) is 50.7 Å². The summed E-state index contributed by atoms with van der Waals surface area (Å²) in [7, 11) is 0. The first kappa shape index (κ1) is 15.1. The van der Waals surface area contributed by atoms with E-state index in [-0.39, 0.29) is 5.60 Å². The van der Waals surface area contributed by atoms with E-state index in [1.807, 2.05) is 0 Å². The van der Waals surface area contributed by atoms with Gasteiger partial charge < -0.3 is 19.3 Å². The van der Waals surface area contributed by atoms with E-state index in [0.29, 0.717) is 6.61 Å². The Labute approximate surface area is 137 Å². The van der Waals surface area contributed by atoms with Gasteiger partial charge in [0.05, 0.1) is 19.8 Å². The molecule has 0 N–H and O–H groups in total. The lowest BCUT2D eigenvalue weighted by Crippen LogP contribution is -2.56. The van der Waals surface area contributed by atoms with Gasteiger partial charge in [-0.2, -0.15) is 0 Å². The third-order valence-corrected chi connectivity index (χ3v) is 5.18. The van der Waals surface area contributed by atoms with Crippen molar-refractivity contribution < 1.29 is 9.47 Å². The van der Waals surface area contributed by atoms with Crippen LogP contribution in [0.1, 0.15) is 32.1 Å². The number of morpholine rings is 1. The second kappa shape index (κ2) is 6.61. The second-order valence-corrected chi connectivity index (χ2v) is 6.89. The zero-order chi connectivity index (χ0) is 15.5. The highest BCUT2D eigenvalue weighted by Gasteiger charge is 2.39. The van der Waals surface area contributed by atoms with Crippen LogP contribution in [-0.2, 0) is 9.47 Å². The number of nitrogens with zero attached hydrogens (tertiary/aromatic N) is 4. The van der Waals surface area contributed by atoms with Gasteiger partial charge in [-0.15, -0.1) is 0 Å². The number of piperidine rings is 1. The van der Waals surface area contributed by atoms with E-state index in [1.165, 1.54) is 19.3 Å². The molecule has 6 nitrogen and oxygen atoms in total. The Morgan fingerprint density at radius 3 is 2.52 bits per heavy atom. The quantitative estimate of drug-likeness (QED) is 0.829. The molecule has 3 aliphatic rings. The van der Waals surface area contributed by atoms with Crippen molar-refractivity contribution in [3.63, 3.8) is 0 Å². The van der Waals surface area contributed by atoms with E-state index >= 15 is 0 Å². The van der Waals surface area contributed by atoms with Gasteiger partial charge in [0.25, 0.3) is 0 Å². The van der Waals surface area contributed by atoms with Crippen molar-refractivity contribution in [3.05, 3.63) is 12.4 Å². The molecule has 4 heterocycles. The van der Waals surface area contributed by atoms with Gasteiger partial charge >= 0.3 is 0 Å². The third kappa shape index (κ3) is 3.28. The van der Waals surface area contributed by atoms with E-state index < -0.39 is 0 Å². The van der Waals surface area contributed by atoms with Crippen molar-refractivity contribution in [1.82, 2.24) is 9.97 Å². The lowest BCUT2D eigenvalue weighted by atomic mass is 9.94. The molecule has 23 heavy (non-hydrogen) atoms. The SMILES string of the molecule is c1nc(N2CCCCC2)cc(N2CCOC3(CCCOC3)C2)n1. The molecular weight excluding hydrogens is 292 g/mol.